The zero-order chi connectivity index (χ0) is 14.2. The highest BCUT2D eigenvalue weighted by molar-refractivity contribution is 7.21. The van der Waals surface area contributed by atoms with Crippen molar-refractivity contribution in [1.82, 2.24) is 4.98 Å². The van der Waals surface area contributed by atoms with Crippen LogP contribution in [0.25, 0.3) is 10.2 Å². The summed E-state index contributed by atoms with van der Waals surface area (Å²) in [5, 5.41) is 9.61. The number of aromatic nitrogens is 1. The molecule has 2 aromatic rings. The summed E-state index contributed by atoms with van der Waals surface area (Å²) < 4.78 is 4.87. The molecule has 0 radical (unpaired) electrons. The minimum Gasteiger partial charge on any atom is -0.477 e. The summed E-state index contributed by atoms with van der Waals surface area (Å²) >= 11 is 0.952. The Morgan fingerprint density at radius 2 is 2.21 bits per heavy atom. The van der Waals surface area contributed by atoms with E-state index in [9.17, 15) is 9.59 Å². The van der Waals surface area contributed by atoms with E-state index in [1.807, 2.05) is 0 Å². The Morgan fingerprint density at radius 3 is 2.79 bits per heavy atom. The van der Waals surface area contributed by atoms with E-state index in [4.69, 9.17) is 15.6 Å². The second kappa shape index (κ2) is 4.85. The van der Waals surface area contributed by atoms with Gasteiger partial charge < -0.3 is 15.6 Å². The van der Waals surface area contributed by atoms with Gasteiger partial charge in [0.2, 0.25) is 0 Å². The summed E-state index contributed by atoms with van der Waals surface area (Å²) in [4.78, 5) is 27.3. The molecule has 6 nitrogen and oxygen atoms in total. The molecule has 0 atom stereocenters. The maximum absolute atomic E-state index is 11.6. The Hall–Kier alpha value is -2.15. The maximum atomic E-state index is 11.6. The van der Waals surface area contributed by atoms with E-state index < -0.39 is 11.9 Å². The van der Waals surface area contributed by atoms with E-state index in [-0.39, 0.29) is 22.9 Å². The molecule has 0 aromatic carbocycles. The van der Waals surface area contributed by atoms with Gasteiger partial charge in [0.15, 0.2) is 0 Å². The molecule has 0 aliphatic carbocycles. The number of hydrogen-bond donors (Lipinski definition) is 2. The standard InChI is InChI=1S/C12H12N2O4S/c1-3-18-12(17)6-4-5(2)7-8(13)9(11(15)16)19-10(7)14-6/h4H,3,13H2,1-2H3,(H,15,16). The molecule has 19 heavy (non-hydrogen) atoms. The predicted molar refractivity (Wildman–Crippen MR) is 71.7 cm³/mol. The van der Waals surface area contributed by atoms with Crippen LogP contribution < -0.4 is 5.73 Å². The lowest BCUT2D eigenvalue weighted by molar-refractivity contribution is 0.0519. The van der Waals surface area contributed by atoms with Gasteiger partial charge in [0.25, 0.3) is 0 Å². The van der Waals surface area contributed by atoms with Crippen LogP contribution in [0.15, 0.2) is 6.07 Å². The summed E-state index contributed by atoms with van der Waals surface area (Å²) in [5.74, 6) is -1.63. The highest BCUT2D eigenvalue weighted by Gasteiger charge is 2.20. The fraction of sp³-hybridized carbons (Fsp3) is 0.250. The number of ether oxygens (including phenoxy) is 1. The van der Waals surface area contributed by atoms with Gasteiger partial charge in [-0.15, -0.1) is 11.3 Å². The van der Waals surface area contributed by atoms with Crippen molar-refractivity contribution in [3.05, 3.63) is 22.2 Å². The minimum absolute atomic E-state index is 0.0339. The van der Waals surface area contributed by atoms with Gasteiger partial charge in [-0.3, -0.25) is 0 Å². The third-order valence-electron chi connectivity index (χ3n) is 2.57. The predicted octanol–water partition coefficient (Wildman–Crippen LogP) is 2.06. The van der Waals surface area contributed by atoms with Gasteiger partial charge in [-0.25, -0.2) is 14.6 Å². The number of nitrogen functional groups attached to an aromatic ring is 1. The van der Waals surface area contributed by atoms with Crippen LogP contribution in [0.2, 0.25) is 0 Å². The number of rotatable bonds is 3. The zero-order valence-electron chi connectivity index (χ0n) is 10.4. The fourth-order valence-electron chi connectivity index (χ4n) is 1.78. The highest BCUT2D eigenvalue weighted by Crippen LogP contribution is 2.34. The first-order valence-corrected chi connectivity index (χ1v) is 6.37. The molecule has 7 heteroatoms. The van der Waals surface area contributed by atoms with Gasteiger partial charge in [-0.1, -0.05) is 0 Å². The van der Waals surface area contributed by atoms with Crippen LogP contribution in [0.5, 0.6) is 0 Å². The van der Waals surface area contributed by atoms with Gasteiger partial charge in [-0.05, 0) is 25.5 Å². The lowest BCUT2D eigenvalue weighted by atomic mass is 10.1. The van der Waals surface area contributed by atoms with Crippen LogP contribution in [0, 0.1) is 6.92 Å². The van der Waals surface area contributed by atoms with E-state index in [1.54, 1.807) is 19.9 Å². The number of carbonyl (C=O) groups is 2. The van der Waals surface area contributed by atoms with Crippen molar-refractivity contribution in [3.63, 3.8) is 0 Å². The molecule has 0 amide bonds. The molecule has 2 rings (SSSR count). The van der Waals surface area contributed by atoms with Gasteiger partial charge in [0.1, 0.15) is 15.4 Å². The summed E-state index contributed by atoms with van der Waals surface area (Å²) in [6.45, 7) is 3.71. The Kier molecular flexibility index (Phi) is 3.39. The molecule has 0 spiro atoms. The molecule has 2 heterocycles. The number of carboxylic acid groups (broad SMARTS) is 1. The number of aromatic carboxylic acids is 1. The van der Waals surface area contributed by atoms with Crippen LogP contribution in [-0.2, 0) is 4.74 Å². The van der Waals surface area contributed by atoms with Gasteiger partial charge >= 0.3 is 11.9 Å². The number of nitrogens with zero attached hydrogens (tertiary/aromatic N) is 1. The first-order valence-electron chi connectivity index (χ1n) is 5.55. The van der Waals surface area contributed by atoms with E-state index in [2.05, 4.69) is 4.98 Å². The minimum atomic E-state index is -1.10. The van der Waals surface area contributed by atoms with Crippen LogP contribution in [0.3, 0.4) is 0 Å². The number of hydrogen-bond acceptors (Lipinski definition) is 6. The molecular weight excluding hydrogens is 268 g/mol. The molecule has 100 valence electrons. The SMILES string of the molecule is CCOC(=O)c1cc(C)c2c(N)c(C(=O)O)sc2n1. The topological polar surface area (TPSA) is 103 Å². The van der Waals surface area contributed by atoms with Crippen molar-refractivity contribution >= 4 is 39.2 Å². The molecule has 2 aromatic heterocycles. The number of aryl methyl sites for hydroxylation is 1. The van der Waals surface area contributed by atoms with E-state index in [1.165, 1.54) is 0 Å². The van der Waals surface area contributed by atoms with Crippen molar-refractivity contribution < 1.29 is 19.4 Å². The number of nitrogens with two attached hydrogens (primary N) is 1. The molecule has 0 aliphatic rings. The van der Waals surface area contributed by atoms with Crippen LogP contribution >= 0.6 is 11.3 Å². The Balaban J connectivity index is 2.64. The molecular formula is C12H12N2O4S. The molecule has 0 saturated heterocycles. The number of pyridine rings is 1. The maximum Gasteiger partial charge on any atom is 0.356 e. The first-order chi connectivity index (χ1) is 8.95. The Morgan fingerprint density at radius 1 is 1.53 bits per heavy atom. The summed E-state index contributed by atoms with van der Waals surface area (Å²) in [7, 11) is 0. The quantitative estimate of drug-likeness (QED) is 0.834. The average Bonchev–Trinajstić information content (AvgIpc) is 2.67. The van der Waals surface area contributed by atoms with Crippen LogP contribution in [0.4, 0.5) is 5.69 Å². The number of fused-ring (bicyclic) bond motifs is 1. The molecule has 0 aliphatic heterocycles. The van der Waals surface area contributed by atoms with E-state index in [0.29, 0.717) is 15.8 Å². The van der Waals surface area contributed by atoms with Crippen LogP contribution in [0.1, 0.15) is 32.6 Å². The van der Waals surface area contributed by atoms with E-state index in [0.717, 1.165) is 11.3 Å². The van der Waals surface area contributed by atoms with Crippen LogP contribution in [-0.4, -0.2) is 28.6 Å². The average molecular weight is 280 g/mol. The Labute approximate surface area is 112 Å². The van der Waals surface area contributed by atoms with Gasteiger partial charge in [0.05, 0.1) is 12.3 Å². The van der Waals surface area contributed by atoms with Crippen molar-refractivity contribution in [3.8, 4) is 0 Å². The second-order valence-electron chi connectivity index (χ2n) is 3.88. The molecule has 0 unspecified atom stereocenters. The molecule has 0 saturated carbocycles. The number of carbonyl (C=O) groups excluding carboxylic acids is 1. The molecule has 3 N–H and O–H groups in total. The van der Waals surface area contributed by atoms with E-state index >= 15 is 0 Å². The fourth-order valence-corrected chi connectivity index (χ4v) is 2.79. The lowest BCUT2D eigenvalue weighted by Gasteiger charge is -2.03. The number of carboxylic acids is 1. The third kappa shape index (κ3) is 2.24. The van der Waals surface area contributed by atoms with Gasteiger partial charge in [0, 0.05) is 5.39 Å². The monoisotopic (exact) mass is 280 g/mol. The second-order valence-corrected chi connectivity index (χ2v) is 4.87. The third-order valence-corrected chi connectivity index (χ3v) is 3.66. The zero-order valence-corrected chi connectivity index (χ0v) is 11.2. The normalized spacial score (nSPS) is 10.6. The summed E-state index contributed by atoms with van der Waals surface area (Å²) in [5.41, 5.74) is 6.85. The largest absolute Gasteiger partial charge is 0.477 e. The lowest BCUT2D eigenvalue weighted by Crippen LogP contribution is -2.07. The number of thiophene rings is 1. The highest BCUT2D eigenvalue weighted by atomic mass is 32.1. The summed E-state index contributed by atoms with van der Waals surface area (Å²) in [6, 6.07) is 1.55. The number of esters is 1. The molecule has 0 bridgehead atoms. The van der Waals surface area contributed by atoms with Crippen molar-refractivity contribution in [1.29, 1.82) is 0 Å². The van der Waals surface area contributed by atoms with Gasteiger partial charge in [-0.2, -0.15) is 0 Å². The summed E-state index contributed by atoms with van der Waals surface area (Å²) in [6.07, 6.45) is 0. The Bertz CT molecular complexity index is 678. The number of anilines is 1. The van der Waals surface area contributed by atoms with Crippen molar-refractivity contribution in [2.24, 2.45) is 0 Å². The smallest absolute Gasteiger partial charge is 0.356 e. The van der Waals surface area contributed by atoms with Crippen molar-refractivity contribution in [2.45, 2.75) is 13.8 Å². The first kappa shape index (κ1) is 13.3. The van der Waals surface area contributed by atoms with Crippen molar-refractivity contribution in [2.75, 3.05) is 12.3 Å². The molecule has 0 fully saturated rings.